The number of likely N-dealkylation sites (tertiary alicyclic amines) is 1. The first-order valence-corrected chi connectivity index (χ1v) is 6.83. The zero-order valence-corrected chi connectivity index (χ0v) is 12.8. The number of hydrogen-bond acceptors (Lipinski definition) is 2. The van der Waals surface area contributed by atoms with Crippen molar-refractivity contribution in [2.75, 3.05) is 13.6 Å². The minimum absolute atomic E-state index is 0.000425. The molecule has 1 aliphatic rings. The summed E-state index contributed by atoms with van der Waals surface area (Å²) in [7, 11) is 1.79. The molecule has 5 nitrogen and oxygen atoms in total. The molecule has 5 heteroatoms. The molecule has 1 rings (SSSR count). The van der Waals surface area contributed by atoms with E-state index < -0.39 is 11.9 Å². The van der Waals surface area contributed by atoms with Gasteiger partial charge in [-0.15, -0.1) is 0 Å². The molecule has 1 fully saturated rings. The molecule has 1 N–H and O–H groups in total. The van der Waals surface area contributed by atoms with E-state index in [9.17, 15) is 9.59 Å². The molecule has 0 aromatic rings. The molecule has 0 saturated carbocycles. The van der Waals surface area contributed by atoms with Gasteiger partial charge >= 0.3 is 12.0 Å². The largest absolute Gasteiger partial charge is 0.481 e. The maximum atomic E-state index is 12.5. The van der Waals surface area contributed by atoms with E-state index in [-0.39, 0.29) is 23.5 Å². The molecule has 0 spiro atoms. The third kappa shape index (κ3) is 3.19. The predicted octanol–water partition coefficient (Wildman–Crippen LogP) is 2.27. The number of rotatable bonds is 2. The average molecular weight is 270 g/mol. The van der Waals surface area contributed by atoms with Gasteiger partial charge in [-0.2, -0.15) is 0 Å². The van der Waals surface area contributed by atoms with E-state index in [0.29, 0.717) is 13.0 Å². The summed E-state index contributed by atoms with van der Waals surface area (Å²) in [6.45, 7) is 10.6. The summed E-state index contributed by atoms with van der Waals surface area (Å²) in [5.74, 6) is -1.25. The van der Waals surface area contributed by atoms with Crippen LogP contribution >= 0.6 is 0 Å². The molecule has 0 radical (unpaired) electrons. The van der Waals surface area contributed by atoms with Crippen LogP contribution in [0.15, 0.2) is 0 Å². The highest BCUT2D eigenvalue weighted by Crippen LogP contribution is 2.28. The first kappa shape index (κ1) is 15.8. The van der Waals surface area contributed by atoms with Crippen molar-refractivity contribution in [2.45, 2.75) is 53.1 Å². The van der Waals surface area contributed by atoms with Gasteiger partial charge in [-0.05, 0) is 25.7 Å². The van der Waals surface area contributed by atoms with Crippen molar-refractivity contribution in [1.82, 2.24) is 9.80 Å². The van der Waals surface area contributed by atoms with Crippen LogP contribution in [-0.4, -0.2) is 52.6 Å². The van der Waals surface area contributed by atoms with Crippen LogP contribution < -0.4 is 0 Å². The highest BCUT2D eigenvalue weighted by atomic mass is 16.4. The Kier molecular flexibility index (Phi) is 4.48. The van der Waals surface area contributed by atoms with Gasteiger partial charge in [0.25, 0.3) is 0 Å². The molecule has 19 heavy (non-hydrogen) atoms. The van der Waals surface area contributed by atoms with Gasteiger partial charge in [0.05, 0.1) is 5.92 Å². The van der Waals surface area contributed by atoms with Crippen LogP contribution in [0.5, 0.6) is 0 Å². The maximum Gasteiger partial charge on any atom is 0.320 e. The van der Waals surface area contributed by atoms with Crippen molar-refractivity contribution in [3.8, 4) is 0 Å². The summed E-state index contributed by atoms with van der Waals surface area (Å²) in [5.41, 5.74) is -0.000425. The fourth-order valence-corrected chi connectivity index (χ4v) is 2.49. The van der Waals surface area contributed by atoms with Crippen LogP contribution in [0.3, 0.4) is 0 Å². The first-order chi connectivity index (χ1) is 8.57. The smallest absolute Gasteiger partial charge is 0.320 e. The highest BCUT2D eigenvalue weighted by molar-refractivity contribution is 5.78. The number of nitrogens with zero attached hydrogens (tertiary/aromatic N) is 2. The van der Waals surface area contributed by atoms with E-state index in [4.69, 9.17) is 5.11 Å². The predicted molar refractivity (Wildman–Crippen MR) is 74.0 cm³/mol. The highest BCUT2D eigenvalue weighted by Gasteiger charge is 2.40. The number of hydrogen-bond donors (Lipinski definition) is 1. The molecule has 0 aromatic carbocycles. The van der Waals surface area contributed by atoms with Crippen molar-refractivity contribution in [1.29, 1.82) is 0 Å². The molecular formula is C14H26N2O3. The second-order valence-corrected chi connectivity index (χ2v) is 6.60. The lowest BCUT2D eigenvalue weighted by Crippen LogP contribution is -2.50. The van der Waals surface area contributed by atoms with E-state index in [1.54, 1.807) is 16.8 Å². The second-order valence-electron chi connectivity index (χ2n) is 6.60. The molecule has 0 bridgehead atoms. The molecule has 1 aliphatic heterocycles. The molecule has 2 amide bonds. The van der Waals surface area contributed by atoms with Crippen molar-refractivity contribution < 1.29 is 14.7 Å². The molecule has 0 aromatic heterocycles. The summed E-state index contributed by atoms with van der Waals surface area (Å²) in [6, 6.07) is -0.214. The third-order valence-electron chi connectivity index (χ3n) is 4.45. The van der Waals surface area contributed by atoms with Crippen LogP contribution in [0.4, 0.5) is 4.79 Å². The number of urea groups is 1. The van der Waals surface area contributed by atoms with E-state index in [2.05, 4.69) is 20.8 Å². The van der Waals surface area contributed by atoms with Gasteiger partial charge in [-0.25, -0.2) is 4.79 Å². The number of aliphatic carboxylic acids is 1. The van der Waals surface area contributed by atoms with E-state index in [1.165, 1.54) is 0 Å². The normalized spacial score (nSPS) is 25.3. The Labute approximate surface area is 115 Å². The molecule has 3 unspecified atom stereocenters. The Balaban J connectivity index is 2.77. The first-order valence-electron chi connectivity index (χ1n) is 6.83. The lowest BCUT2D eigenvalue weighted by Gasteiger charge is -2.38. The van der Waals surface area contributed by atoms with Crippen LogP contribution in [0.25, 0.3) is 0 Å². The molecule has 0 aliphatic carbocycles. The van der Waals surface area contributed by atoms with Gasteiger partial charge in [0.2, 0.25) is 0 Å². The molecule has 1 saturated heterocycles. The van der Waals surface area contributed by atoms with Crippen molar-refractivity contribution in [3.05, 3.63) is 0 Å². The van der Waals surface area contributed by atoms with Crippen molar-refractivity contribution in [2.24, 2.45) is 11.3 Å². The molecule has 1 heterocycles. The minimum Gasteiger partial charge on any atom is -0.481 e. The third-order valence-corrected chi connectivity index (χ3v) is 4.45. The summed E-state index contributed by atoms with van der Waals surface area (Å²) in [4.78, 5) is 27.0. The number of carbonyl (C=O) groups is 2. The van der Waals surface area contributed by atoms with Gasteiger partial charge in [0, 0.05) is 25.7 Å². The molecular weight excluding hydrogens is 244 g/mol. The summed E-state index contributed by atoms with van der Waals surface area (Å²) >= 11 is 0. The number of carboxylic acids is 1. The van der Waals surface area contributed by atoms with Gasteiger partial charge in [0.1, 0.15) is 0 Å². The Morgan fingerprint density at radius 1 is 1.37 bits per heavy atom. The molecule has 3 atom stereocenters. The fraction of sp³-hybridized carbons (Fsp3) is 0.857. The van der Waals surface area contributed by atoms with E-state index in [0.717, 1.165) is 0 Å². The standard InChI is InChI=1S/C14H26N2O3/c1-9-11(12(17)18)7-8-16(9)13(19)15(6)10(2)14(3,4)5/h9-11H,7-8H2,1-6H3,(H,17,18). The van der Waals surface area contributed by atoms with Gasteiger partial charge < -0.3 is 14.9 Å². The Morgan fingerprint density at radius 2 is 1.89 bits per heavy atom. The quantitative estimate of drug-likeness (QED) is 0.837. The lowest BCUT2D eigenvalue weighted by molar-refractivity contribution is -0.142. The Hall–Kier alpha value is -1.26. The number of amides is 2. The fourth-order valence-electron chi connectivity index (χ4n) is 2.49. The van der Waals surface area contributed by atoms with Crippen LogP contribution in [0, 0.1) is 11.3 Å². The van der Waals surface area contributed by atoms with E-state index >= 15 is 0 Å². The summed E-state index contributed by atoms with van der Waals surface area (Å²) in [6.07, 6.45) is 0.542. The van der Waals surface area contributed by atoms with Gasteiger partial charge in [0.15, 0.2) is 0 Å². The summed E-state index contributed by atoms with van der Waals surface area (Å²) in [5, 5.41) is 9.11. The van der Waals surface area contributed by atoms with E-state index in [1.807, 2.05) is 13.8 Å². The summed E-state index contributed by atoms with van der Waals surface area (Å²) < 4.78 is 0. The van der Waals surface area contributed by atoms with Crippen LogP contribution in [-0.2, 0) is 4.79 Å². The van der Waals surface area contributed by atoms with Crippen molar-refractivity contribution >= 4 is 12.0 Å². The second kappa shape index (κ2) is 5.39. The maximum absolute atomic E-state index is 12.5. The zero-order valence-electron chi connectivity index (χ0n) is 12.8. The average Bonchev–Trinajstić information content (AvgIpc) is 2.67. The van der Waals surface area contributed by atoms with Gasteiger partial charge in [-0.1, -0.05) is 20.8 Å². The minimum atomic E-state index is -0.811. The zero-order chi connectivity index (χ0) is 15.0. The Morgan fingerprint density at radius 3 is 2.26 bits per heavy atom. The monoisotopic (exact) mass is 270 g/mol. The van der Waals surface area contributed by atoms with Crippen LogP contribution in [0.2, 0.25) is 0 Å². The topological polar surface area (TPSA) is 60.9 Å². The Bertz CT molecular complexity index is 362. The SMILES string of the molecule is CC1C(C(=O)O)CCN1C(=O)N(C)C(C)C(C)(C)C. The lowest BCUT2D eigenvalue weighted by atomic mass is 9.87. The van der Waals surface area contributed by atoms with Crippen LogP contribution in [0.1, 0.15) is 41.0 Å². The van der Waals surface area contributed by atoms with Gasteiger partial charge in [-0.3, -0.25) is 4.79 Å². The number of carbonyl (C=O) groups excluding carboxylic acids is 1. The van der Waals surface area contributed by atoms with Crippen molar-refractivity contribution in [3.63, 3.8) is 0 Å². The number of carboxylic acid groups (broad SMARTS) is 1. The molecule has 110 valence electrons.